The molecule has 3 N–H and O–H groups in total. The summed E-state index contributed by atoms with van der Waals surface area (Å²) in [5.74, 6) is -1.05. The Bertz CT molecular complexity index is 1720. The number of aliphatic hydroxyl groups is 1. The first-order chi connectivity index (χ1) is 32.4. The summed E-state index contributed by atoms with van der Waals surface area (Å²) in [6.07, 6.45) is 6.80. The first-order valence-corrected chi connectivity index (χ1v) is 26.1. The van der Waals surface area contributed by atoms with Gasteiger partial charge in [-0.2, -0.15) is 0 Å². The predicted octanol–water partition coefficient (Wildman–Crippen LogP) is 7.76. The second kappa shape index (κ2) is 27.8. The molecule has 1 aromatic carbocycles. The van der Waals surface area contributed by atoms with Crippen molar-refractivity contribution in [3.63, 3.8) is 0 Å². The average molecular weight is 955 g/mol. The van der Waals surface area contributed by atoms with Crippen LogP contribution in [0.1, 0.15) is 150 Å². The molecule has 0 radical (unpaired) electrons. The third kappa shape index (κ3) is 15.8. The van der Waals surface area contributed by atoms with Gasteiger partial charge in [0.25, 0.3) is 0 Å². The number of carbonyl (C=O) groups excluding carboxylic acids is 4. The highest BCUT2D eigenvalue weighted by atomic mass is 16.7. The molecule has 2 saturated heterocycles. The number of Topliss-reactive ketones (excluding diaryl/α,β-unsaturated/α-hetero) is 1. The van der Waals surface area contributed by atoms with Crippen LogP contribution >= 0.6 is 0 Å². The number of carbonyl (C=O) groups is 5. The fourth-order valence-electron chi connectivity index (χ4n) is 11.6. The van der Waals surface area contributed by atoms with Crippen LogP contribution in [-0.2, 0) is 38.3 Å². The normalized spacial score (nSPS) is 23.7. The van der Waals surface area contributed by atoms with E-state index in [4.69, 9.17) is 19.4 Å². The van der Waals surface area contributed by atoms with Gasteiger partial charge >= 0.3 is 5.97 Å². The van der Waals surface area contributed by atoms with E-state index in [-0.39, 0.29) is 114 Å². The molecule has 14 heteroatoms. The zero-order valence-electron chi connectivity index (χ0n) is 43.6. The lowest BCUT2D eigenvalue weighted by Gasteiger charge is -2.38. The number of likely N-dealkylation sites (tertiary alicyclic amines) is 1. The molecule has 13 atom stereocenters. The second-order valence-corrected chi connectivity index (χ2v) is 21.4. The number of nitrogens with one attached hydrogen (secondary N) is 1. The largest absolute Gasteiger partial charge is 0.481 e. The number of amides is 3. The van der Waals surface area contributed by atoms with Gasteiger partial charge in [0.1, 0.15) is 0 Å². The van der Waals surface area contributed by atoms with Gasteiger partial charge in [0.05, 0.1) is 55.4 Å². The van der Waals surface area contributed by atoms with E-state index in [2.05, 4.69) is 38.2 Å². The summed E-state index contributed by atoms with van der Waals surface area (Å²) in [5, 5.41) is 25.4. The van der Waals surface area contributed by atoms with E-state index < -0.39 is 24.2 Å². The van der Waals surface area contributed by atoms with Crippen molar-refractivity contribution < 1.29 is 48.5 Å². The lowest BCUT2D eigenvalue weighted by Crippen LogP contribution is -2.54. The number of aliphatic carboxylic acids is 1. The highest BCUT2D eigenvalue weighted by molar-refractivity contribution is 5.91. The topological polar surface area (TPSA) is 175 Å². The average Bonchev–Trinajstić information content (AvgIpc) is 3.82. The van der Waals surface area contributed by atoms with Crippen LogP contribution in [0, 0.1) is 47.3 Å². The van der Waals surface area contributed by atoms with Crippen molar-refractivity contribution in [1.82, 2.24) is 20.2 Å². The predicted molar refractivity (Wildman–Crippen MR) is 264 cm³/mol. The molecule has 1 aliphatic carbocycles. The number of likely N-dealkylation sites (N-methyl/N-ethyl adjacent to an activating group) is 1. The molecule has 1 aromatic rings. The first-order valence-electron chi connectivity index (χ1n) is 26.1. The maximum Gasteiger partial charge on any atom is 0.303 e. The second-order valence-electron chi connectivity index (χ2n) is 21.4. The molecular formula is C54H90N4O10. The summed E-state index contributed by atoms with van der Waals surface area (Å²) in [6, 6.07) is 8.89. The third-order valence-corrected chi connectivity index (χ3v) is 15.7. The van der Waals surface area contributed by atoms with E-state index in [1.54, 1.807) is 19.3 Å². The van der Waals surface area contributed by atoms with E-state index in [1.807, 2.05) is 69.7 Å². The van der Waals surface area contributed by atoms with Gasteiger partial charge < -0.3 is 29.9 Å². The number of rotatable bonds is 30. The maximum absolute atomic E-state index is 14.4. The molecule has 13 unspecified atom stereocenters. The van der Waals surface area contributed by atoms with E-state index in [0.29, 0.717) is 45.5 Å². The molecule has 386 valence electrons. The molecule has 3 aliphatic rings. The summed E-state index contributed by atoms with van der Waals surface area (Å²) in [5.41, 5.74) is 1.18. The fraction of sp³-hybridized carbons (Fsp3) is 0.796. The highest BCUT2D eigenvalue weighted by Crippen LogP contribution is 2.57. The van der Waals surface area contributed by atoms with Crippen molar-refractivity contribution in [2.24, 2.45) is 47.3 Å². The van der Waals surface area contributed by atoms with Gasteiger partial charge in [0.2, 0.25) is 17.7 Å². The number of hydrogen-bond acceptors (Lipinski definition) is 10. The number of hydroxylamine groups is 2. The number of ketones is 1. The molecule has 3 fully saturated rings. The number of aliphatic hydroxyl groups excluding tert-OH is 1. The Hall–Kier alpha value is -3.43. The smallest absolute Gasteiger partial charge is 0.303 e. The summed E-state index contributed by atoms with van der Waals surface area (Å²) in [7, 11) is 5.16. The Morgan fingerprint density at radius 2 is 1.62 bits per heavy atom. The molecule has 0 aromatic heterocycles. The third-order valence-electron chi connectivity index (χ3n) is 15.7. The molecule has 14 nitrogen and oxygen atoms in total. The van der Waals surface area contributed by atoms with Gasteiger partial charge in [-0.15, -0.1) is 0 Å². The van der Waals surface area contributed by atoms with Crippen LogP contribution in [0.15, 0.2) is 30.3 Å². The summed E-state index contributed by atoms with van der Waals surface area (Å²) < 4.78 is 12.3. The Morgan fingerprint density at radius 1 is 0.912 bits per heavy atom. The van der Waals surface area contributed by atoms with E-state index >= 15 is 0 Å². The number of nitrogens with zero attached hydrogens (tertiary/aromatic N) is 3. The number of ether oxygens (including phenoxy) is 2. The first kappa shape index (κ1) is 57.2. The van der Waals surface area contributed by atoms with Crippen LogP contribution in [0.3, 0.4) is 0 Å². The van der Waals surface area contributed by atoms with Crippen molar-refractivity contribution in [3.8, 4) is 0 Å². The monoisotopic (exact) mass is 955 g/mol. The van der Waals surface area contributed by atoms with Gasteiger partial charge in [-0.1, -0.05) is 98.6 Å². The van der Waals surface area contributed by atoms with Gasteiger partial charge in [0, 0.05) is 46.1 Å². The van der Waals surface area contributed by atoms with Gasteiger partial charge in [0.15, 0.2) is 5.78 Å². The lowest BCUT2D eigenvalue weighted by molar-refractivity contribution is -0.198. The van der Waals surface area contributed by atoms with Crippen LogP contribution < -0.4 is 5.32 Å². The van der Waals surface area contributed by atoms with Gasteiger partial charge in [-0.3, -0.25) is 33.7 Å². The van der Waals surface area contributed by atoms with Crippen LogP contribution in [0.5, 0.6) is 0 Å². The van der Waals surface area contributed by atoms with Crippen molar-refractivity contribution in [2.75, 3.05) is 47.5 Å². The summed E-state index contributed by atoms with van der Waals surface area (Å²) in [4.78, 5) is 76.4. The molecule has 1 saturated carbocycles. The summed E-state index contributed by atoms with van der Waals surface area (Å²) in [6.45, 7) is 18.5. The Balaban J connectivity index is 1.35. The van der Waals surface area contributed by atoms with Crippen LogP contribution in [0.2, 0.25) is 0 Å². The minimum absolute atomic E-state index is 0.00358. The Labute approximate surface area is 408 Å². The molecule has 0 spiro atoms. The maximum atomic E-state index is 14.4. The van der Waals surface area contributed by atoms with Gasteiger partial charge in [-0.25, -0.2) is 5.06 Å². The van der Waals surface area contributed by atoms with Crippen LogP contribution in [-0.4, -0.2) is 138 Å². The number of hydrogen-bond donors (Lipinski definition) is 3. The molecule has 0 bridgehead atoms. The minimum Gasteiger partial charge on any atom is -0.481 e. The van der Waals surface area contributed by atoms with E-state index in [9.17, 15) is 29.1 Å². The lowest BCUT2D eigenvalue weighted by atomic mass is 9.77. The van der Waals surface area contributed by atoms with Crippen molar-refractivity contribution >= 4 is 29.5 Å². The minimum atomic E-state index is -0.871. The molecule has 3 amide bonds. The highest BCUT2D eigenvalue weighted by Gasteiger charge is 2.56. The Kier molecular flexibility index (Phi) is 23.4. The van der Waals surface area contributed by atoms with Gasteiger partial charge in [-0.05, 0) is 112 Å². The van der Waals surface area contributed by atoms with Crippen molar-refractivity contribution in [3.05, 3.63) is 35.9 Å². The number of methoxy groups -OCH3 is 2. The zero-order chi connectivity index (χ0) is 50.2. The standard InChI is InChI=1S/C54H90N4O10/c1-12-37(7)41(31-36(6)32-44(60)50(34(2)3)55-53(64)51(35(4)5)56(9)27-20-26-47(62)63)45(66-10)33-46(61)57-28-19-24-42(57)52(67-11)38(8)43(59)25-18-23-40-48(39-21-14-13-15-22-39)49(40)54(65)58-29-16-17-30-68-58/h13-15,21-22,34-38,40-43,45,48-52,59H,12,16-20,23-33H2,1-11H3,(H,55,64)(H,62,63). The fourth-order valence-corrected chi connectivity index (χ4v) is 11.6. The Morgan fingerprint density at radius 3 is 2.21 bits per heavy atom. The zero-order valence-corrected chi connectivity index (χ0v) is 43.6. The molecule has 68 heavy (non-hydrogen) atoms. The molecule has 4 rings (SSSR count). The molecule has 2 heterocycles. The van der Waals surface area contributed by atoms with Crippen LogP contribution in [0.25, 0.3) is 0 Å². The van der Waals surface area contributed by atoms with E-state index in [1.165, 1.54) is 5.56 Å². The van der Waals surface area contributed by atoms with Crippen LogP contribution in [0.4, 0.5) is 0 Å². The van der Waals surface area contributed by atoms with E-state index in [0.717, 1.165) is 44.9 Å². The van der Waals surface area contributed by atoms with Crippen molar-refractivity contribution in [2.45, 2.75) is 181 Å². The number of carboxylic acid groups (broad SMARTS) is 1. The molecular weight excluding hydrogens is 865 g/mol. The quantitative estimate of drug-likeness (QED) is 0.0688. The van der Waals surface area contributed by atoms with Crippen molar-refractivity contribution in [1.29, 1.82) is 0 Å². The SMILES string of the molecule is CCC(C)C(CC(C)CC(=O)C(NC(=O)C(C(C)C)N(C)CCCC(=O)O)C(C)C)C(CC(=O)N1CCCC1C(OC)C(C)C(O)CCCC1C(C(=O)N2CCCCO2)C1c1ccccc1)OC. The number of carboxylic acids is 1. The summed E-state index contributed by atoms with van der Waals surface area (Å²) >= 11 is 0. The number of benzene rings is 1. The molecule has 2 aliphatic heterocycles.